The van der Waals surface area contributed by atoms with E-state index in [9.17, 15) is 23.1 Å². The number of aromatic nitrogens is 2. The maximum atomic E-state index is 12.9. The van der Waals surface area contributed by atoms with Crippen molar-refractivity contribution >= 4 is 5.91 Å². The normalized spacial score (nSPS) is 12.1. The molecule has 3 rings (SSSR count). The number of nitrogens with zero attached hydrogens (tertiary/aromatic N) is 3. The molecule has 11 heteroatoms. The molecule has 0 bridgehead atoms. The lowest BCUT2D eigenvalue weighted by Gasteiger charge is -2.12. The first kappa shape index (κ1) is 22.7. The predicted octanol–water partition coefficient (Wildman–Crippen LogP) is 2.95. The molecule has 0 aliphatic rings. The van der Waals surface area contributed by atoms with Crippen molar-refractivity contribution in [2.75, 3.05) is 6.61 Å². The number of nitriles is 1. The van der Waals surface area contributed by atoms with E-state index in [4.69, 9.17) is 20.8 Å². The second-order valence-corrected chi connectivity index (χ2v) is 6.51. The molecule has 8 nitrogen and oxygen atoms in total. The van der Waals surface area contributed by atoms with Gasteiger partial charge < -0.3 is 20.7 Å². The van der Waals surface area contributed by atoms with Crippen LogP contribution in [0.2, 0.25) is 0 Å². The molecule has 32 heavy (non-hydrogen) atoms. The summed E-state index contributed by atoms with van der Waals surface area (Å²) in [6.07, 6.45) is -6.00. The molecular formula is C21H15F3N4O4. The SMILES string of the molecule is N#Cc1cc(Oc2ccc(-c3nc(C(N)=O)cc([C@H](O)CO)n3)cc2)ccc1C(F)(F)F. The molecule has 0 fully saturated rings. The van der Waals surface area contributed by atoms with E-state index >= 15 is 0 Å². The van der Waals surface area contributed by atoms with Gasteiger partial charge in [-0.1, -0.05) is 0 Å². The highest BCUT2D eigenvalue weighted by atomic mass is 19.4. The molecule has 0 radical (unpaired) electrons. The number of aliphatic hydroxyl groups is 2. The molecule has 0 saturated heterocycles. The molecule has 0 aliphatic carbocycles. The molecule has 1 heterocycles. The molecule has 0 aliphatic heterocycles. The number of aliphatic hydroxyl groups excluding tert-OH is 2. The lowest BCUT2D eigenvalue weighted by Crippen LogP contribution is -2.16. The van der Waals surface area contributed by atoms with Gasteiger partial charge in [0.25, 0.3) is 5.91 Å². The van der Waals surface area contributed by atoms with Crippen molar-refractivity contribution in [3.8, 4) is 29.0 Å². The van der Waals surface area contributed by atoms with Gasteiger partial charge in [0.2, 0.25) is 0 Å². The van der Waals surface area contributed by atoms with E-state index in [1.165, 1.54) is 36.4 Å². The van der Waals surface area contributed by atoms with Crippen LogP contribution < -0.4 is 10.5 Å². The first-order valence-electron chi connectivity index (χ1n) is 8.99. The van der Waals surface area contributed by atoms with Gasteiger partial charge in [0.1, 0.15) is 23.3 Å². The largest absolute Gasteiger partial charge is 0.457 e. The van der Waals surface area contributed by atoms with Gasteiger partial charge in [0.15, 0.2) is 5.82 Å². The van der Waals surface area contributed by atoms with Crippen LogP contribution in [0.15, 0.2) is 48.5 Å². The number of alkyl halides is 3. The van der Waals surface area contributed by atoms with Crippen LogP contribution in [0.25, 0.3) is 11.4 Å². The fourth-order valence-corrected chi connectivity index (χ4v) is 2.72. The number of carbonyl (C=O) groups is 1. The zero-order valence-electron chi connectivity index (χ0n) is 16.2. The molecule has 1 atom stereocenters. The van der Waals surface area contributed by atoms with Gasteiger partial charge >= 0.3 is 6.18 Å². The maximum absolute atomic E-state index is 12.9. The minimum Gasteiger partial charge on any atom is -0.457 e. The number of rotatable bonds is 6. The maximum Gasteiger partial charge on any atom is 0.417 e. The summed E-state index contributed by atoms with van der Waals surface area (Å²) in [5, 5.41) is 27.9. The van der Waals surface area contributed by atoms with Gasteiger partial charge in [-0.05, 0) is 48.5 Å². The zero-order valence-corrected chi connectivity index (χ0v) is 16.2. The van der Waals surface area contributed by atoms with E-state index in [0.29, 0.717) is 5.56 Å². The average Bonchev–Trinajstić information content (AvgIpc) is 2.77. The Morgan fingerprint density at radius 1 is 1.12 bits per heavy atom. The number of primary amides is 1. The van der Waals surface area contributed by atoms with E-state index in [-0.39, 0.29) is 28.7 Å². The molecule has 164 valence electrons. The Bertz CT molecular complexity index is 1190. The summed E-state index contributed by atoms with van der Waals surface area (Å²) in [5.41, 5.74) is 3.88. The summed E-state index contributed by atoms with van der Waals surface area (Å²) in [6.45, 7) is -0.626. The van der Waals surface area contributed by atoms with E-state index in [0.717, 1.165) is 18.2 Å². The Hall–Kier alpha value is -4.01. The van der Waals surface area contributed by atoms with Crippen LogP contribution in [0.3, 0.4) is 0 Å². The van der Waals surface area contributed by atoms with Crippen molar-refractivity contribution in [2.24, 2.45) is 5.73 Å². The molecule has 0 saturated carbocycles. The van der Waals surface area contributed by atoms with Crippen LogP contribution in [0.4, 0.5) is 13.2 Å². The Kier molecular flexibility index (Phi) is 6.38. The van der Waals surface area contributed by atoms with Gasteiger partial charge in [0, 0.05) is 5.56 Å². The number of amides is 1. The first-order chi connectivity index (χ1) is 15.1. The van der Waals surface area contributed by atoms with E-state index in [1.807, 2.05) is 0 Å². The standard InChI is InChI=1S/C21H15F3N4O4/c22-21(23,24)15-6-5-14(7-12(15)9-25)32-13-3-1-11(2-4-13)20-27-16(18(30)10-29)8-17(28-20)19(26)31/h1-8,18,29-30H,10H2,(H2,26,31)/t18-/m1/s1. The first-order valence-corrected chi connectivity index (χ1v) is 8.99. The summed E-state index contributed by atoms with van der Waals surface area (Å²) < 4.78 is 44.3. The van der Waals surface area contributed by atoms with Crippen LogP contribution in [0, 0.1) is 11.3 Å². The predicted molar refractivity (Wildman–Crippen MR) is 104 cm³/mol. The number of benzene rings is 2. The van der Waals surface area contributed by atoms with Crippen LogP contribution in [0.5, 0.6) is 11.5 Å². The highest BCUT2D eigenvalue weighted by Crippen LogP contribution is 2.34. The quantitative estimate of drug-likeness (QED) is 0.530. The molecule has 1 aromatic heterocycles. The third-order valence-electron chi connectivity index (χ3n) is 4.28. The second kappa shape index (κ2) is 9.01. The third-order valence-corrected chi connectivity index (χ3v) is 4.28. The Morgan fingerprint density at radius 3 is 2.34 bits per heavy atom. The van der Waals surface area contributed by atoms with Crippen molar-refractivity contribution in [1.29, 1.82) is 5.26 Å². The lowest BCUT2D eigenvalue weighted by molar-refractivity contribution is -0.137. The fraction of sp³-hybridized carbons (Fsp3) is 0.143. The number of halogens is 3. The summed E-state index contributed by atoms with van der Waals surface area (Å²) >= 11 is 0. The number of carbonyl (C=O) groups excluding carboxylic acids is 1. The molecule has 0 unspecified atom stereocenters. The number of hydrogen-bond donors (Lipinski definition) is 3. The minimum absolute atomic E-state index is 0.000383. The van der Waals surface area contributed by atoms with Crippen molar-refractivity contribution in [1.82, 2.24) is 9.97 Å². The Labute approximate surface area is 179 Å². The minimum atomic E-state index is -4.66. The van der Waals surface area contributed by atoms with Gasteiger partial charge in [-0.25, -0.2) is 9.97 Å². The topological polar surface area (TPSA) is 142 Å². The van der Waals surface area contributed by atoms with Gasteiger partial charge in [-0.3, -0.25) is 4.79 Å². The average molecular weight is 444 g/mol. The van der Waals surface area contributed by atoms with Gasteiger partial charge in [-0.2, -0.15) is 18.4 Å². The fourth-order valence-electron chi connectivity index (χ4n) is 2.72. The van der Waals surface area contributed by atoms with E-state index < -0.39 is 35.9 Å². The van der Waals surface area contributed by atoms with Crippen molar-refractivity contribution in [2.45, 2.75) is 12.3 Å². The van der Waals surface area contributed by atoms with Crippen LogP contribution >= 0.6 is 0 Å². The van der Waals surface area contributed by atoms with Crippen molar-refractivity contribution < 1.29 is 32.9 Å². The van der Waals surface area contributed by atoms with Crippen molar-refractivity contribution in [3.05, 3.63) is 71.0 Å². The molecule has 4 N–H and O–H groups in total. The van der Waals surface area contributed by atoms with Crippen LogP contribution in [-0.4, -0.2) is 32.7 Å². The summed E-state index contributed by atoms with van der Waals surface area (Å²) in [7, 11) is 0. The number of hydrogen-bond acceptors (Lipinski definition) is 7. The second-order valence-electron chi connectivity index (χ2n) is 6.51. The zero-order chi connectivity index (χ0) is 23.5. The summed E-state index contributed by atoms with van der Waals surface area (Å²) in [4.78, 5) is 19.7. The summed E-state index contributed by atoms with van der Waals surface area (Å²) in [6, 6.07) is 11.5. The van der Waals surface area contributed by atoms with E-state index in [2.05, 4.69) is 9.97 Å². The van der Waals surface area contributed by atoms with Crippen molar-refractivity contribution in [3.63, 3.8) is 0 Å². The molecular weight excluding hydrogens is 429 g/mol. The van der Waals surface area contributed by atoms with Gasteiger partial charge in [0.05, 0.1) is 29.5 Å². The molecule has 0 spiro atoms. The number of ether oxygens (including phenoxy) is 1. The Morgan fingerprint density at radius 2 is 1.78 bits per heavy atom. The highest BCUT2D eigenvalue weighted by molar-refractivity contribution is 5.91. The molecule has 1 amide bonds. The molecule has 3 aromatic rings. The Balaban J connectivity index is 1.88. The summed E-state index contributed by atoms with van der Waals surface area (Å²) in [5.74, 6) is -0.519. The van der Waals surface area contributed by atoms with E-state index in [1.54, 1.807) is 0 Å². The third kappa shape index (κ3) is 5.00. The monoisotopic (exact) mass is 444 g/mol. The number of nitrogens with two attached hydrogens (primary N) is 1. The van der Waals surface area contributed by atoms with Gasteiger partial charge in [-0.15, -0.1) is 0 Å². The van der Waals surface area contributed by atoms with Crippen LogP contribution in [0.1, 0.15) is 33.4 Å². The van der Waals surface area contributed by atoms with Crippen LogP contribution in [-0.2, 0) is 6.18 Å². The smallest absolute Gasteiger partial charge is 0.417 e. The lowest BCUT2D eigenvalue weighted by atomic mass is 10.1. The highest BCUT2D eigenvalue weighted by Gasteiger charge is 2.33. The molecule has 2 aromatic carbocycles.